The van der Waals surface area contributed by atoms with Gasteiger partial charge in [-0.2, -0.15) is 5.10 Å². The van der Waals surface area contributed by atoms with Crippen LogP contribution >= 0.6 is 0 Å². The Morgan fingerprint density at radius 1 is 1.29 bits per heavy atom. The minimum Gasteiger partial charge on any atom is -0.444 e. The maximum absolute atomic E-state index is 13.1. The molecule has 1 amide bonds. The SMILES string of the molecule is C=C(/N=C\C=C(/C)c1nc(C(=O)Nc2cn([C@H]3CC[C@@H](C(C)C)CC3)nc2C(C)(C)O)co1)NCC1CC1. The Labute approximate surface area is 225 Å². The fourth-order valence-corrected chi connectivity index (χ4v) is 4.84. The number of rotatable bonds is 11. The molecule has 0 radical (unpaired) electrons. The molecule has 9 heteroatoms. The highest BCUT2D eigenvalue weighted by atomic mass is 16.3. The van der Waals surface area contributed by atoms with Crippen LogP contribution in [0.4, 0.5) is 5.69 Å². The highest BCUT2D eigenvalue weighted by molar-refractivity contribution is 6.03. The molecule has 2 aromatic heterocycles. The van der Waals surface area contributed by atoms with Gasteiger partial charge in [-0.25, -0.2) is 9.98 Å². The van der Waals surface area contributed by atoms with Gasteiger partial charge in [0.1, 0.15) is 23.4 Å². The Morgan fingerprint density at radius 2 is 2.00 bits per heavy atom. The molecule has 9 nitrogen and oxygen atoms in total. The standard InChI is InChI=1S/C29H42N6O3/c1-18(2)22-9-11-23(12-10-22)35-16-24(26(34-35)29(5,6)37)32-27(36)25-17-38-28(33-25)19(3)13-14-30-20(4)31-15-21-7-8-21/h13-14,16-18,21-23,31,37H,4,7-12,15H2,1-3,5-6H3,(H,32,36)/b19-13+,30-14-/t22-,23+. The number of aliphatic hydroxyl groups is 1. The lowest BCUT2D eigenvalue weighted by atomic mass is 9.80. The molecule has 0 saturated heterocycles. The Hall–Kier alpha value is -3.20. The van der Waals surface area contributed by atoms with Crippen LogP contribution in [0.5, 0.6) is 0 Å². The molecule has 2 heterocycles. The van der Waals surface area contributed by atoms with E-state index >= 15 is 0 Å². The molecule has 0 unspecified atom stereocenters. The molecule has 0 aliphatic heterocycles. The zero-order valence-electron chi connectivity index (χ0n) is 23.3. The molecular weight excluding hydrogens is 480 g/mol. The van der Waals surface area contributed by atoms with Crippen LogP contribution in [-0.4, -0.2) is 38.5 Å². The number of anilines is 1. The first-order chi connectivity index (χ1) is 18.0. The number of oxazole rings is 1. The molecule has 0 aromatic carbocycles. The molecule has 2 fully saturated rings. The van der Waals surface area contributed by atoms with Crippen molar-refractivity contribution in [2.45, 2.75) is 84.8 Å². The van der Waals surface area contributed by atoms with Crippen LogP contribution in [0.2, 0.25) is 0 Å². The number of aliphatic imine (C=N–C) groups is 1. The summed E-state index contributed by atoms with van der Waals surface area (Å²) in [6.45, 7) is 14.6. The molecule has 2 aliphatic carbocycles. The van der Waals surface area contributed by atoms with Crippen LogP contribution in [0.25, 0.3) is 5.57 Å². The minimum atomic E-state index is -1.21. The molecule has 206 valence electrons. The molecule has 2 saturated carbocycles. The van der Waals surface area contributed by atoms with Crippen molar-refractivity contribution in [2.75, 3.05) is 11.9 Å². The predicted molar refractivity (Wildman–Crippen MR) is 150 cm³/mol. The van der Waals surface area contributed by atoms with Gasteiger partial charge in [-0.15, -0.1) is 0 Å². The van der Waals surface area contributed by atoms with E-state index in [1.807, 2.05) is 17.8 Å². The Balaban J connectivity index is 1.41. The van der Waals surface area contributed by atoms with Gasteiger partial charge < -0.3 is 20.2 Å². The van der Waals surface area contributed by atoms with Gasteiger partial charge in [-0.1, -0.05) is 20.4 Å². The maximum Gasteiger partial charge on any atom is 0.277 e. The summed E-state index contributed by atoms with van der Waals surface area (Å²) in [7, 11) is 0. The first-order valence-electron chi connectivity index (χ1n) is 13.7. The highest BCUT2D eigenvalue weighted by Gasteiger charge is 2.30. The molecule has 0 spiro atoms. The quantitative estimate of drug-likeness (QED) is 0.327. The number of carbonyl (C=O) groups is 1. The van der Waals surface area contributed by atoms with Gasteiger partial charge in [-0.3, -0.25) is 9.48 Å². The number of hydrogen-bond acceptors (Lipinski definition) is 7. The number of allylic oxidation sites excluding steroid dienone is 2. The van der Waals surface area contributed by atoms with Gasteiger partial charge >= 0.3 is 0 Å². The molecule has 0 atom stereocenters. The van der Waals surface area contributed by atoms with Gasteiger partial charge in [-0.05, 0) is 83.1 Å². The average Bonchev–Trinajstić information content (AvgIpc) is 3.37. The fourth-order valence-electron chi connectivity index (χ4n) is 4.84. The first kappa shape index (κ1) is 27.8. The van der Waals surface area contributed by atoms with E-state index in [0.717, 1.165) is 49.6 Å². The number of hydrogen-bond donors (Lipinski definition) is 3. The van der Waals surface area contributed by atoms with Crippen molar-refractivity contribution < 1.29 is 14.3 Å². The van der Waals surface area contributed by atoms with E-state index in [-0.39, 0.29) is 11.7 Å². The van der Waals surface area contributed by atoms with Crippen molar-refractivity contribution >= 4 is 23.4 Å². The van der Waals surface area contributed by atoms with Crippen LogP contribution < -0.4 is 10.6 Å². The molecular formula is C29H42N6O3. The number of amides is 1. The Kier molecular flexibility index (Phi) is 8.55. The third-order valence-corrected chi connectivity index (χ3v) is 7.54. The van der Waals surface area contributed by atoms with Gasteiger partial charge in [0.15, 0.2) is 5.69 Å². The van der Waals surface area contributed by atoms with Gasteiger partial charge in [0, 0.05) is 24.5 Å². The van der Waals surface area contributed by atoms with E-state index < -0.39 is 11.5 Å². The molecule has 3 N–H and O–H groups in total. The van der Waals surface area contributed by atoms with E-state index in [0.29, 0.717) is 29.0 Å². The van der Waals surface area contributed by atoms with Crippen molar-refractivity contribution in [2.24, 2.45) is 22.7 Å². The number of aromatic nitrogens is 3. The van der Waals surface area contributed by atoms with Crippen LogP contribution in [0, 0.1) is 17.8 Å². The summed E-state index contributed by atoms with van der Waals surface area (Å²) in [6, 6.07) is 0.254. The summed E-state index contributed by atoms with van der Waals surface area (Å²) >= 11 is 0. The second-order valence-corrected chi connectivity index (χ2v) is 11.6. The van der Waals surface area contributed by atoms with Crippen LogP contribution in [0.1, 0.15) is 101 Å². The molecule has 2 aromatic rings. The molecule has 4 rings (SSSR count). The summed E-state index contributed by atoms with van der Waals surface area (Å²) in [4.78, 5) is 21.7. The summed E-state index contributed by atoms with van der Waals surface area (Å²) in [5, 5.41) is 21.5. The lowest BCUT2D eigenvalue weighted by Gasteiger charge is -2.31. The zero-order chi connectivity index (χ0) is 27.4. The lowest BCUT2D eigenvalue weighted by molar-refractivity contribution is 0.0729. The van der Waals surface area contributed by atoms with E-state index in [2.05, 4.69) is 41.0 Å². The average molecular weight is 523 g/mol. The summed E-state index contributed by atoms with van der Waals surface area (Å²) in [5.74, 6) is 2.69. The second-order valence-electron chi connectivity index (χ2n) is 11.6. The van der Waals surface area contributed by atoms with Gasteiger partial charge in [0.05, 0.1) is 11.7 Å². The number of carbonyl (C=O) groups excluding carboxylic acids is 1. The summed E-state index contributed by atoms with van der Waals surface area (Å²) in [5.41, 5.74) is 0.573. The normalized spacial score (nSPS) is 20.8. The lowest BCUT2D eigenvalue weighted by Crippen LogP contribution is -2.23. The van der Waals surface area contributed by atoms with Crippen LogP contribution in [0.3, 0.4) is 0 Å². The van der Waals surface area contributed by atoms with Crippen molar-refractivity contribution in [1.82, 2.24) is 20.1 Å². The number of nitrogens with one attached hydrogen (secondary N) is 2. The van der Waals surface area contributed by atoms with Gasteiger partial charge in [0.2, 0.25) is 5.89 Å². The number of nitrogens with zero attached hydrogens (tertiary/aromatic N) is 4. The largest absolute Gasteiger partial charge is 0.444 e. The van der Waals surface area contributed by atoms with Crippen molar-refractivity contribution in [3.63, 3.8) is 0 Å². The van der Waals surface area contributed by atoms with Crippen LogP contribution in [-0.2, 0) is 5.60 Å². The van der Waals surface area contributed by atoms with Crippen molar-refractivity contribution in [3.8, 4) is 0 Å². The smallest absolute Gasteiger partial charge is 0.277 e. The second kappa shape index (κ2) is 11.7. The predicted octanol–water partition coefficient (Wildman–Crippen LogP) is 5.68. The third kappa shape index (κ3) is 7.22. The van der Waals surface area contributed by atoms with E-state index in [4.69, 9.17) is 9.52 Å². The third-order valence-electron chi connectivity index (χ3n) is 7.54. The minimum absolute atomic E-state index is 0.145. The maximum atomic E-state index is 13.1. The summed E-state index contributed by atoms with van der Waals surface area (Å²) < 4.78 is 7.46. The summed E-state index contributed by atoms with van der Waals surface area (Å²) in [6.07, 6.45) is 13.5. The van der Waals surface area contributed by atoms with E-state index in [1.165, 1.54) is 19.1 Å². The van der Waals surface area contributed by atoms with Crippen molar-refractivity contribution in [1.29, 1.82) is 0 Å². The Bertz CT molecular complexity index is 1190. The highest BCUT2D eigenvalue weighted by Crippen LogP contribution is 2.37. The fraction of sp³-hybridized carbons (Fsp3) is 0.586. The van der Waals surface area contributed by atoms with E-state index in [1.54, 1.807) is 26.1 Å². The zero-order valence-corrected chi connectivity index (χ0v) is 23.3. The van der Waals surface area contributed by atoms with Crippen LogP contribution in [0.15, 0.2) is 40.3 Å². The molecule has 38 heavy (non-hydrogen) atoms. The van der Waals surface area contributed by atoms with Gasteiger partial charge in [0.25, 0.3) is 5.91 Å². The monoisotopic (exact) mass is 522 g/mol. The van der Waals surface area contributed by atoms with Crippen molar-refractivity contribution in [3.05, 3.63) is 48.2 Å². The topological polar surface area (TPSA) is 118 Å². The molecule has 0 bridgehead atoms. The first-order valence-corrected chi connectivity index (χ1v) is 13.7. The van der Waals surface area contributed by atoms with E-state index in [9.17, 15) is 9.90 Å². The molecule has 2 aliphatic rings. The Morgan fingerprint density at radius 3 is 2.63 bits per heavy atom.